The zero-order valence-electron chi connectivity index (χ0n) is 18.4. The number of benzene rings is 4. The second kappa shape index (κ2) is 10.2. The lowest BCUT2D eigenvalue weighted by Gasteiger charge is -2.05. The first-order chi connectivity index (χ1) is 17.1. The number of ether oxygens (including phenoxy) is 1. The van der Waals surface area contributed by atoms with Gasteiger partial charge in [0.25, 0.3) is 11.6 Å². The quantitative estimate of drug-likeness (QED) is 0.130. The fourth-order valence-electron chi connectivity index (χ4n) is 3.35. The number of nitro benzene ring substituents is 1. The van der Waals surface area contributed by atoms with Gasteiger partial charge in [0.05, 0.1) is 11.0 Å². The van der Waals surface area contributed by atoms with E-state index < -0.39 is 4.92 Å². The van der Waals surface area contributed by atoms with Crippen LogP contribution >= 0.6 is 11.8 Å². The molecule has 0 N–H and O–H groups in total. The number of nitrogens with zero attached hydrogens (tertiary/aromatic N) is 3. The summed E-state index contributed by atoms with van der Waals surface area (Å²) < 4.78 is 11.2. The van der Waals surface area contributed by atoms with Crippen LogP contribution in [0.15, 0.2) is 113 Å². The summed E-state index contributed by atoms with van der Waals surface area (Å²) in [4.78, 5) is 16.2. The molecule has 0 fully saturated rings. The van der Waals surface area contributed by atoms with Crippen molar-refractivity contribution < 1.29 is 14.2 Å². The van der Waals surface area contributed by atoms with Gasteiger partial charge < -0.3 is 9.26 Å². The van der Waals surface area contributed by atoms with Crippen molar-refractivity contribution in [1.29, 1.82) is 0 Å². The molecular formula is C27H19N3O4S. The van der Waals surface area contributed by atoms with E-state index in [2.05, 4.69) is 34.4 Å². The van der Waals surface area contributed by atoms with Crippen molar-refractivity contribution >= 4 is 17.4 Å². The lowest BCUT2D eigenvalue weighted by molar-refractivity contribution is -0.384. The smallest absolute Gasteiger partial charge is 0.273 e. The molecule has 0 atom stereocenters. The first-order valence-electron chi connectivity index (χ1n) is 10.8. The number of aromatic nitrogens is 2. The molecule has 0 unspecified atom stereocenters. The van der Waals surface area contributed by atoms with Crippen molar-refractivity contribution in [3.63, 3.8) is 0 Å². The van der Waals surface area contributed by atoms with E-state index in [9.17, 15) is 10.1 Å². The molecule has 8 heteroatoms. The molecule has 35 heavy (non-hydrogen) atoms. The van der Waals surface area contributed by atoms with E-state index >= 15 is 0 Å². The zero-order valence-corrected chi connectivity index (χ0v) is 19.2. The van der Waals surface area contributed by atoms with E-state index in [1.54, 1.807) is 36.0 Å². The van der Waals surface area contributed by atoms with Gasteiger partial charge in [-0.2, -0.15) is 4.98 Å². The fraction of sp³-hybridized carbons (Fsp3) is 0.0370. The molecule has 7 nitrogen and oxygen atoms in total. The van der Waals surface area contributed by atoms with Gasteiger partial charge >= 0.3 is 0 Å². The Bertz CT molecular complexity index is 1440. The number of thioether (sulfide) groups is 1. The Kier molecular flexibility index (Phi) is 6.54. The molecule has 0 bridgehead atoms. The monoisotopic (exact) mass is 481 g/mol. The minimum atomic E-state index is -0.457. The molecule has 0 aliphatic heterocycles. The van der Waals surface area contributed by atoms with E-state index in [1.165, 1.54) is 22.6 Å². The van der Waals surface area contributed by atoms with Crippen molar-refractivity contribution in [1.82, 2.24) is 10.1 Å². The Hall–Kier alpha value is -4.43. The van der Waals surface area contributed by atoms with Crippen LogP contribution in [0, 0.1) is 10.1 Å². The third kappa shape index (κ3) is 5.56. The predicted molar refractivity (Wildman–Crippen MR) is 134 cm³/mol. The normalized spacial score (nSPS) is 10.7. The average Bonchev–Trinajstić information content (AvgIpc) is 3.39. The van der Waals surface area contributed by atoms with Crippen LogP contribution in [0.4, 0.5) is 5.69 Å². The number of hydrogen-bond donors (Lipinski definition) is 0. The maximum atomic E-state index is 10.9. The minimum absolute atomic E-state index is 0.0265. The minimum Gasteiger partial charge on any atom is -0.457 e. The molecule has 4 aromatic carbocycles. The first-order valence-corrected chi connectivity index (χ1v) is 11.8. The van der Waals surface area contributed by atoms with Crippen LogP contribution in [0.1, 0.15) is 5.56 Å². The summed E-state index contributed by atoms with van der Waals surface area (Å²) in [6.07, 6.45) is 0. The van der Waals surface area contributed by atoms with Crippen LogP contribution in [0.25, 0.3) is 22.8 Å². The van der Waals surface area contributed by atoms with Crippen LogP contribution in [-0.2, 0) is 5.75 Å². The van der Waals surface area contributed by atoms with Gasteiger partial charge in [-0.3, -0.25) is 10.1 Å². The van der Waals surface area contributed by atoms with Crippen molar-refractivity contribution in [2.24, 2.45) is 0 Å². The van der Waals surface area contributed by atoms with Crippen molar-refractivity contribution in [2.45, 2.75) is 10.6 Å². The molecule has 0 spiro atoms. The highest BCUT2D eigenvalue weighted by molar-refractivity contribution is 7.98. The molecule has 0 radical (unpaired) electrons. The Morgan fingerprint density at radius 1 is 0.829 bits per heavy atom. The number of hydrogen-bond acceptors (Lipinski definition) is 7. The predicted octanol–water partition coefficient (Wildman–Crippen LogP) is 7.40. The van der Waals surface area contributed by atoms with Gasteiger partial charge in [0.1, 0.15) is 11.5 Å². The Balaban J connectivity index is 1.23. The summed E-state index contributed by atoms with van der Waals surface area (Å²) >= 11 is 1.79. The van der Waals surface area contributed by atoms with Crippen molar-refractivity contribution in [3.05, 3.63) is 119 Å². The van der Waals surface area contributed by atoms with Crippen LogP contribution < -0.4 is 4.74 Å². The van der Waals surface area contributed by atoms with Gasteiger partial charge in [-0.1, -0.05) is 41.6 Å². The summed E-state index contributed by atoms with van der Waals surface area (Å²) in [5.41, 5.74) is 2.80. The number of non-ortho nitro benzene ring substituents is 1. The van der Waals surface area contributed by atoms with Gasteiger partial charge in [-0.15, -0.1) is 11.8 Å². The lowest BCUT2D eigenvalue weighted by atomic mass is 10.1. The maximum absolute atomic E-state index is 10.9. The number of rotatable bonds is 8. The topological polar surface area (TPSA) is 91.3 Å². The largest absolute Gasteiger partial charge is 0.457 e. The van der Waals surface area contributed by atoms with Gasteiger partial charge in [0.2, 0.25) is 5.82 Å². The average molecular weight is 482 g/mol. The van der Waals surface area contributed by atoms with E-state index in [0.29, 0.717) is 23.2 Å². The summed E-state index contributed by atoms with van der Waals surface area (Å²) in [5.74, 6) is 2.72. The van der Waals surface area contributed by atoms with Crippen molar-refractivity contribution in [2.75, 3.05) is 0 Å². The summed E-state index contributed by atoms with van der Waals surface area (Å²) in [5, 5.41) is 15.0. The highest BCUT2D eigenvalue weighted by Gasteiger charge is 2.12. The van der Waals surface area contributed by atoms with E-state index in [4.69, 9.17) is 9.26 Å². The molecule has 0 amide bonds. The number of nitro groups is 1. The molecule has 0 aliphatic rings. The maximum Gasteiger partial charge on any atom is 0.273 e. The molecule has 1 heterocycles. The SMILES string of the molecule is O=[N+]([O-])c1cccc(Oc2ccc(-c3noc(-c4ccc(CSc5ccccc5)cc4)n3)cc2)c1. The van der Waals surface area contributed by atoms with E-state index in [-0.39, 0.29) is 5.69 Å². The summed E-state index contributed by atoms with van der Waals surface area (Å²) in [6, 6.07) is 31.6. The highest BCUT2D eigenvalue weighted by Crippen LogP contribution is 2.29. The molecule has 5 aromatic rings. The molecule has 172 valence electrons. The van der Waals surface area contributed by atoms with Crippen LogP contribution in [0.5, 0.6) is 11.5 Å². The molecule has 0 saturated carbocycles. The van der Waals surface area contributed by atoms with Gasteiger partial charge in [0, 0.05) is 27.8 Å². The van der Waals surface area contributed by atoms with Crippen LogP contribution in [-0.4, -0.2) is 15.1 Å². The van der Waals surface area contributed by atoms with Gasteiger partial charge in [-0.05, 0) is 60.2 Å². The third-order valence-electron chi connectivity index (χ3n) is 5.15. The lowest BCUT2D eigenvalue weighted by Crippen LogP contribution is -1.89. The van der Waals surface area contributed by atoms with Crippen LogP contribution in [0.3, 0.4) is 0 Å². The molecular weight excluding hydrogens is 462 g/mol. The second-order valence-corrected chi connectivity index (χ2v) is 8.65. The Morgan fingerprint density at radius 2 is 1.57 bits per heavy atom. The Morgan fingerprint density at radius 3 is 2.31 bits per heavy atom. The molecule has 1 aromatic heterocycles. The molecule has 0 aliphatic carbocycles. The highest BCUT2D eigenvalue weighted by atomic mass is 32.2. The standard InChI is InChI=1S/C27H19N3O4S/c31-30(32)22-5-4-6-24(17-22)33-23-15-13-20(14-16-23)26-28-27(34-29-26)21-11-9-19(10-12-21)18-35-25-7-2-1-3-8-25/h1-17H,18H2. The van der Waals surface area contributed by atoms with Crippen LogP contribution in [0.2, 0.25) is 0 Å². The van der Waals surface area contributed by atoms with E-state index in [1.807, 2.05) is 42.5 Å². The summed E-state index contributed by atoms with van der Waals surface area (Å²) in [7, 11) is 0. The fourth-order valence-corrected chi connectivity index (χ4v) is 4.23. The third-order valence-corrected chi connectivity index (χ3v) is 6.24. The summed E-state index contributed by atoms with van der Waals surface area (Å²) in [6.45, 7) is 0. The van der Waals surface area contributed by atoms with E-state index in [0.717, 1.165) is 16.9 Å². The Labute approximate surface area is 205 Å². The zero-order chi connectivity index (χ0) is 24.0. The molecule has 0 saturated heterocycles. The van der Waals surface area contributed by atoms with Crippen molar-refractivity contribution in [3.8, 4) is 34.3 Å². The van der Waals surface area contributed by atoms with Gasteiger partial charge in [-0.25, -0.2) is 0 Å². The molecule has 5 rings (SSSR count). The second-order valence-electron chi connectivity index (χ2n) is 7.60. The first kappa shape index (κ1) is 22.4. The van der Waals surface area contributed by atoms with Gasteiger partial charge in [0.15, 0.2) is 0 Å².